The summed E-state index contributed by atoms with van der Waals surface area (Å²) in [7, 11) is 1.98. The summed E-state index contributed by atoms with van der Waals surface area (Å²) in [6.45, 7) is 0. The molecule has 4 heteroatoms. The summed E-state index contributed by atoms with van der Waals surface area (Å²) in [4.78, 5) is 8.24. The molecule has 0 amide bonds. The number of fused-ring (bicyclic) bond motifs is 3. The first-order valence-electron chi connectivity index (χ1n) is 4.63. The topological polar surface area (TPSA) is 30.7 Å². The molecular formula is C11H8ClN3. The lowest BCUT2D eigenvalue weighted by atomic mass is 10.2. The van der Waals surface area contributed by atoms with Crippen LogP contribution in [0.25, 0.3) is 21.9 Å². The molecule has 0 atom stereocenters. The first-order valence-corrected chi connectivity index (χ1v) is 5.01. The molecule has 2 aromatic heterocycles. The van der Waals surface area contributed by atoms with Gasteiger partial charge in [0.05, 0.1) is 5.52 Å². The van der Waals surface area contributed by atoms with Crippen LogP contribution in [0, 0.1) is 0 Å². The lowest BCUT2D eigenvalue weighted by molar-refractivity contribution is 0.982. The van der Waals surface area contributed by atoms with E-state index in [1.807, 2.05) is 23.7 Å². The molecule has 0 saturated heterocycles. The number of hydrogen-bond acceptors (Lipinski definition) is 2. The van der Waals surface area contributed by atoms with Crippen LogP contribution in [0.2, 0.25) is 5.28 Å². The fourth-order valence-corrected chi connectivity index (χ4v) is 2.03. The minimum atomic E-state index is 0.286. The van der Waals surface area contributed by atoms with Crippen molar-refractivity contribution < 1.29 is 0 Å². The van der Waals surface area contributed by atoms with Gasteiger partial charge in [0.2, 0.25) is 5.28 Å². The number of aromatic nitrogens is 3. The van der Waals surface area contributed by atoms with Gasteiger partial charge >= 0.3 is 0 Å². The number of hydrogen-bond donors (Lipinski definition) is 0. The van der Waals surface area contributed by atoms with Crippen molar-refractivity contribution in [1.82, 2.24) is 14.5 Å². The van der Waals surface area contributed by atoms with E-state index in [0.717, 1.165) is 21.9 Å². The molecule has 0 unspecified atom stereocenters. The average molecular weight is 218 g/mol. The van der Waals surface area contributed by atoms with Crippen LogP contribution in [0.1, 0.15) is 0 Å². The highest BCUT2D eigenvalue weighted by atomic mass is 35.5. The van der Waals surface area contributed by atoms with Gasteiger partial charge in [-0.2, -0.15) is 4.98 Å². The van der Waals surface area contributed by atoms with Crippen LogP contribution < -0.4 is 0 Å². The summed E-state index contributed by atoms with van der Waals surface area (Å²) < 4.78 is 2.03. The van der Waals surface area contributed by atoms with E-state index in [4.69, 9.17) is 11.6 Å². The Kier molecular flexibility index (Phi) is 1.70. The number of halogens is 1. The van der Waals surface area contributed by atoms with Gasteiger partial charge in [0, 0.05) is 24.0 Å². The van der Waals surface area contributed by atoms with E-state index in [2.05, 4.69) is 22.1 Å². The van der Waals surface area contributed by atoms with Gasteiger partial charge in [-0.05, 0) is 17.7 Å². The van der Waals surface area contributed by atoms with Crippen LogP contribution in [0.3, 0.4) is 0 Å². The molecule has 0 radical (unpaired) electrons. The molecule has 3 rings (SSSR count). The molecule has 0 fully saturated rings. The van der Waals surface area contributed by atoms with Gasteiger partial charge in [0.25, 0.3) is 0 Å². The van der Waals surface area contributed by atoms with Crippen molar-refractivity contribution in [3.8, 4) is 0 Å². The number of aryl methyl sites for hydroxylation is 1. The molecule has 2 heterocycles. The molecule has 15 heavy (non-hydrogen) atoms. The van der Waals surface area contributed by atoms with Gasteiger partial charge in [0.1, 0.15) is 5.65 Å². The first kappa shape index (κ1) is 8.68. The highest BCUT2D eigenvalue weighted by molar-refractivity contribution is 6.28. The Bertz CT molecular complexity index is 657. The third-order valence-corrected chi connectivity index (χ3v) is 2.79. The number of para-hydroxylation sites is 1. The Balaban J connectivity index is 2.63. The molecule has 0 saturated carbocycles. The van der Waals surface area contributed by atoms with Crippen molar-refractivity contribution in [3.05, 3.63) is 35.7 Å². The Labute approximate surface area is 91.3 Å². The van der Waals surface area contributed by atoms with Crippen LogP contribution >= 0.6 is 11.6 Å². The second-order valence-corrected chi connectivity index (χ2v) is 3.79. The summed E-state index contributed by atoms with van der Waals surface area (Å²) in [6.07, 6.45) is 1.77. The second-order valence-electron chi connectivity index (χ2n) is 3.45. The zero-order chi connectivity index (χ0) is 10.4. The lowest BCUT2D eigenvalue weighted by Crippen LogP contribution is -1.90. The highest BCUT2D eigenvalue weighted by Gasteiger charge is 2.08. The van der Waals surface area contributed by atoms with Crippen LogP contribution in [0.15, 0.2) is 30.5 Å². The van der Waals surface area contributed by atoms with Crippen molar-refractivity contribution in [2.75, 3.05) is 0 Å². The normalized spacial score (nSPS) is 11.3. The molecule has 0 aliphatic carbocycles. The molecule has 1 aromatic carbocycles. The van der Waals surface area contributed by atoms with E-state index in [0.29, 0.717) is 0 Å². The van der Waals surface area contributed by atoms with E-state index < -0.39 is 0 Å². The number of rotatable bonds is 0. The Morgan fingerprint density at radius 2 is 2.00 bits per heavy atom. The summed E-state index contributed by atoms with van der Waals surface area (Å²) in [5.74, 6) is 0. The zero-order valence-corrected chi connectivity index (χ0v) is 8.86. The smallest absolute Gasteiger partial charge is 0.224 e. The fraction of sp³-hybridized carbons (Fsp3) is 0.0909. The molecule has 3 nitrogen and oxygen atoms in total. The maximum absolute atomic E-state index is 5.78. The number of benzene rings is 1. The highest BCUT2D eigenvalue weighted by Crippen LogP contribution is 2.26. The molecule has 0 N–H and O–H groups in total. The van der Waals surface area contributed by atoms with Gasteiger partial charge in [-0.1, -0.05) is 18.2 Å². The number of nitrogens with zero attached hydrogens (tertiary/aromatic N) is 3. The van der Waals surface area contributed by atoms with E-state index in [9.17, 15) is 0 Å². The molecule has 74 valence electrons. The first-order chi connectivity index (χ1) is 7.27. The summed E-state index contributed by atoms with van der Waals surface area (Å²) >= 11 is 5.78. The van der Waals surface area contributed by atoms with Crippen molar-refractivity contribution in [2.24, 2.45) is 7.05 Å². The molecular weight excluding hydrogens is 210 g/mol. The second kappa shape index (κ2) is 2.94. The monoisotopic (exact) mass is 217 g/mol. The third kappa shape index (κ3) is 1.13. The molecule has 0 aliphatic rings. The molecule has 0 spiro atoms. The Morgan fingerprint density at radius 3 is 2.87 bits per heavy atom. The van der Waals surface area contributed by atoms with E-state index in [1.54, 1.807) is 6.20 Å². The maximum atomic E-state index is 5.78. The minimum absolute atomic E-state index is 0.286. The van der Waals surface area contributed by atoms with Crippen molar-refractivity contribution in [3.63, 3.8) is 0 Å². The quantitative estimate of drug-likeness (QED) is 0.542. The average Bonchev–Trinajstić information content (AvgIpc) is 2.54. The molecule has 3 aromatic rings. The van der Waals surface area contributed by atoms with Crippen LogP contribution in [0.5, 0.6) is 0 Å². The largest absolute Gasteiger partial charge is 0.328 e. The molecule has 0 aliphatic heterocycles. The summed E-state index contributed by atoms with van der Waals surface area (Å²) in [6, 6.07) is 8.15. The predicted molar refractivity (Wildman–Crippen MR) is 61.0 cm³/mol. The van der Waals surface area contributed by atoms with E-state index in [1.165, 1.54) is 0 Å². The van der Waals surface area contributed by atoms with Gasteiger partial charge in [0.15, 0.2) is 0 Å². The van der Waals surface area contributed by atoms with Crippen molar-refractivity contribution in [1.29, 1.82) is 0 Å². The Hall–Kier alpha value is -1.61. The summed E-state index contributed by atoms with van der Waals surface area (Å²) in [5.41, 5.74) is 2.01. The van der Waals surface area contributed by atoms with Gasteiger partial charge in [-0.25, -0.2) is 4.98 Å². The van der Waals surface area contributed by atoms with Crippen molar-refractivity contribution >= 4 is 33.5 Å². The fourth-order valence-electron chi connectivity index (χ4n) is 1.91. The zero-order valence-electron chi connectivity index (χ0n) is 8.11. The Morgan fingerprint density at radius 1 is 1.20 bits per heavy atom. The van der Waals surface area contributed by atoms with Gasteiger partial charge in [-0.3, -0.25) is 0 Å². The van der Waals surface area contributed by atoms with Gasteiger partial charge in [-0.15, -0.1) is 0 Å². The van der Waals surface area contributed by atoms with Crippen LogP contribution in [-0.4, -0.2) is 14.5 Å². The van der Waals surface area contributed by atoms with E-state index in [-0.39, 0.29) is 5.28 Å². The molecule has 0 bridgehead atoms. The van der Waals surface area contributed by atoms with Crippen LogP contribution in [0.4, 0.5) is 0 Å². The predicted octanol–water partition coefficient (Wildman–Crippen LogP) is 2.77. The van der Waals surface area contributed by atoms with Crippen molar-refractivity contribution in [2.45, 2.75) is 0 Å². The van der Waals surface area contributed by atoms with Crippen LogP contribution in [-0.2, 0) is 7.05 Å². The van der Waals surface area contributed by atoms with Gasteiger partial charge < -0.3 is 4.57 Å². The van der Waals surface area contributed by atoms with E-state index >= 15 is 0 Å². The standard InChI is InChI=1S/C11H8ClN3/c1-15-9-5-3-2-4-7(9)8-6-13-11(12)14-10(8)15/h2-6H,1H3. The third-order valence-electron chi connectivity index (χ3n) is 2.61. The lowest BCUT2D eigenvalue weighted by Gasteiger charge is -1.95. The minimum Gasteiger partial charge on any atom is -0.328 e. The summed E-state index contributed by atoms with van der Waals surface area (Å²) in [5, 5.41) is 2.48. The maximum Gasteiger partial charge on any atom is 0.224 e. The SMILES string of the molecule is Cn1c2ccccc2c2cnc(Cl)nc21.